The largest absolute Gasteiger partial charge is 0.330 e. The molecule has 2 heterocycles. The van der Waals surface area contributed by atoms with Gasteiger partial charge in [-0.2, -0.15) is 5.10 Å². The van der Waals surface area contributed by atoms with Crippen molar-refractivity contribution >= 4 is 11.0 Å². The van der Waals surface area contributed by atoms with Crippen LogP contribution in [0.15, 0.2) is 30.5 Å². The predicted molar refractivity (Wildman–Crippen MR) is 70.6 cm³/mol. The first kappa shape index (κ1) is 11.9. The molecule has 0 bridgehead atoms. The van der Waals surface area contributed by atoms with Crippen LogP contribution in [-0.4, -0.2) is 25.9 Å². The van der Waals surface area contributed by atoms with Crippen LogP contribution in [0.2, 0.25) is 0 Å². The highest BCUT2D eigenvalue weighted by Gasteiger charge is 2.14. The zero-order valence-corrected chi connectivity index (χ0v) is 10.5. The highest BCUT2D eigenvalue weighted by atomic mass is 19.1. The van der Waals surface area contributed by atoms with Crippen molar-refractivity contribution in [3.05, 3.63) is 42.1 Å². The number of aryl methyl sites for hydroxylation is 1. The van der Waals surface area contributed by atoms with Crippen LogP contribution in [0.3, 0.4) is 0 Å². The van der Waals surface area contributed by atoms with Gasteiger partial charge in [-0.15, -0.1) is 0 Å². The van der Waals surface area contributed by atoms with Crippen LogP contribution in [0.25, 0.3) is 16.9 Å². The molecule has 2 aromatic heterocycles. The van der Waals surface area contributed by atoms with Gasteiger partial charge in [-0.25, -0.2) is 9.37 Å². The Labute approximate surface area is 109 Å². The van der Waals surface area contributed by atoms with Crippen LogP contribution >= 0.6 is 0 Å². The van der Waals surface area contributed by atoms with Crippen molar-refractivity contribution in [2.45, 2.75) is 6.42 Å². The predicted octanol–water partition coefficient (Wildman–Crippen LogP) is 1.40. The van der Waals surface area contributed by atoms with E-state index < -0.39 is 0 Å². The topological polar surface area (TPSA) is 61.7 Å². The fourth-order valence-corrected chi connectivity index (χ4v) is 2.24. The molecule has 1 aromatic carbocycles. The SMILES string of the molecule is Cn1nccc1-n1c(CCN)nc2ccc(F)cc21. The van der Waals surface area contributed by atoms with Gasteiger partial charge < -0.3 is 5.73 Å². The second kappa shape index (κ2) is 4.47. The molecule has 0 saturated carbocycles. The fourth-order valence-electron chi connectivity index (χ4n) is 2.24. The smallest absolute Gasteiger partial charge is 0.136 e. The van der Waals surface area contributed by atoms with Gasteiger partial charge in [0.1, 0.15) is 17.5 Å². The number of rotatable bonds is 3. The van der Waals surface area contributed by atoms with E-state index in [9.17, 15) is 4.39 Å². The maximum Gasteiger partial charge on any atom is 0.136 e. The Hall–Kier alpha value is -2.21. The number of fused-ring (bicyclic) bond motifs is 1. The molecule has 6 heteroatoms. The Kier molecular flexibility index (Phi) is 2.79. The molecule has 0 aliphatic heterocycles. The molecule has 0 radical (unpaired) electrons. The Morgan fingerprint density at radius 1 is 1.32 bits per heavy atom. The first-order valence-corrected chi connectivity index (χ1v) is 6.06. The number of halogens is 1. The molecule has 0 atom stereocenters. The fraction of sp³-hybridized carbons (Fsp3) is 0.231. The van der Waals surface area contributed by atoms with Crippen LogP contribution in [0.4, 0.5) is 4.39 Å². The number of imidazole rings is 1. The number of benzene rings is 1. The highest BCUT2D eigenvalue weighted by molar-refractivity contribution is 5.78. The van der Waals surface area contributed by atoms with E-state index in [2.05, 4.69) is 10.1 Å². The van der Waals surface area contributed by atoms with Gasteiger partial charge >= 0.3 is 0 Å². The Morgan fingerprint density at radius 3 is 2.84 bits per heavy atom. The van der Waals surface area contributed by atoms with Gasteiger partial charge in [0, 0.05) is 25.6 Å². The van der Waals surface area contributed by atoms with Crippen LogP contribution in [0.5, 0.6) is 0 Å². The monoisotopic (exact) mass is 259 g/mol. The van der Waals surface area contributed by atoms with Crippen molar-refractivity contribution in [3.63, 3.8) is 0 Å². The van der Waals surface area contributed by atoms with E-state index in [-0.39, 0.29) is 5.82 Å². The van der Waals surface area contributed by atoms with E-state index in [1.54, 1.807) is 16.9 Å². The summed E-state index contributed by atoms with van der Waals surface area (Å²) >= 11 is 0. The Morgan fingerprint density at radius 2 is 2.16 bits per heavy atom. The zero-order chi connectivity index (χ0) is 13.4. The molecule has 0 amide bonds. The lowest BCUT2D eigenvalue weighted by Crippen LogP contribution is -2.11. The molecule has 0 unspecified atom stereocenters. The molecule has 0 spiro atoms. The van der Waals surface area contributed by atoms with Crippen molar-refractivity contribution in [1.29, 1.82) is 0 Å². The second-order valence-corrected chi connectivity index (χ2v) is 4.35. The van der Waals surface area contributed by atoms with Gasteiger partial charge in [0.2, 0.25) is 0 Å². The Balaban J connectivity index is 2.33. The summed E-state index contributed by atoms with van der Waals surface area (Å²) in [6.45, 7) is 0.490. The number of aromatic nitrogens is 4. The van der Waals surface area contributed by atoms with Crippen molar-refractivity contribution in [3.8, 4) is 5.82 Å². The van der Waals surface area contributed by atoms with Crippen molar-refractivity contribution < 1.29 is 4.39 Å². The molecule has 2 N–H and O–H groups in total. The van der Waals surface area contributed by atoms with E-state index in [1.807, 2.05) is 17.7 Å². The summed E-state index contributed by atoms with van der Waals surface area (Å²) in [4.78, 5) is 4.52. The molecule has 19 heavy (non-hydrogen) atoms. The van der Waals surface area contributed by atoms with E-state index in [4.69, 9.17) is 5.73 Å². The van der Waals surface area contributed by atoms with Crippen molar-refractivity contribution in [2.75, 3.05) is 6.54 Å². The minimum atomic E-state index is -0.282. The van der Waals surface area contributed by atoms with Gasteiger partial charge in [0.25, 0.3) is 0 Å². The second-order valence-electron chi connectivity index (χ2n) is 4.35. The lowest BCUT2D eigenvalue weighted by molar-refractivity contribution is 0.628. The third-order valence-electron chi connectivity index (χ3n) is 3.08. The van der Waals surface area contributed by atoms with Gasteiger partial charge in [-0.3, -0.25) is 9.25 Å². The zero-order valence-electron chi connectivity index (χ0n) is 10.5. The summed E-state index contributed by atoms with van der Waals surface area (Å²) in [6, 6.07) is 6.44. The summed E-state index contributed by atoms with van der Waals surface area (Å²) in [5, 5.41) is 4.15. The Bertz CT molecular complexity index is 728. The highest BCUT2D eigenvalue weighted by Crippen LogP contribution is 2.22. The molecular weight excluding hydrogens is 245 g/mol. The lowest BCUT2D eigenvalue weighted by Gasteiger charge is -2.08. The van der Waals surface area contributed by atoms with E-state index in [0.29, 0.717) is 13.0 Å². The van der Waals surface area contributed by atoms with Crippen LogP contribution in [0, 0.1) is 5.82 Å². The maximum atomic E-state index is 13.5. The van der Waals surface area contributed by atoms with Crippen molar-refractivity contribution in [2.24, 2.45) is 12.8 Å². The third-order valence-corrected chi connectivity index (χ3v) is 3.08. The number of nitrogens with two attached hydrogens (primary N) is 1. The van der Waals surface area contributed by atoms with Crippen LogP contribution < -0.4 is 5.73 Å². The summed E-state index contributed by atoms with van der Waals surface area (Å²) < 4.78 is 17.1. The first-order chi connectivity index (χ1) is 9.20. The van der Waals surface area contributed by atoms with E-state index >= 15 is 0 Å². The van der Waals surface area contributed by atoms with Crippen molar-refractivity contribution in [1.82, 2.24) is 19.3 Å². The maximum absolute atomic E-state index is 13.5. The number of hydrogen-bond donors (Lipinski definition) is 1. The normalized spacial score (nSPS) is 11.3. The first-order valence-electron chi connectivity index (χ1n) is 6.06. The minimum absolute atomic E-state index is 0.282. The summed E-state index contributed by atoms with van der Waals surface area (Å²) in [5.74, 6) is 1.37. The molecule has 0 fully saturated rings. The molecule has 98 valence electrons. The molecule has 0 saturated heterocycles. The number of hydrogen-bond acceptors (Lipinski definition) is 3. The standard InChI is InChI=1S/C13H14FN5/c1-18-13(5-7-16-18)19-11-8-9(14)2-3-10(11)17-12(19)4-6-15/h2-3,5,7-8H,4,6,15H2,1H3. The van der Waals surface area contributed by atoms with E-state index in [0.717, 1.165) is 22.7 Å². The molecule has 5 nitrogen and oxygen atoms in total. The van der Waals surface area contributed by atoms with Gasteiger partial charge in [0.05, 0.1) is 17.2 Å². The quantitative estimate of drug-likeness (QED) is 0.773. The molecule has 0 aliphatic rings. The van der Waals surface area contributed by atoms with Gasteiger partial charge in [-0.05, 0) is 18.7 Å². The van der Waals surface area contributed by atoms with Gasteiger partial charge in [0.15, 0.2) is 0 Å². The summed E-state index contributed by atoms with van der Waals surface area (Å²) in [7, 11) is 1.84. The number of nitrogens with zero attached hydrogens (tertiary/aromatic N) is 4. The average molecular weight is 259 g/mol. The third kappa shape index (κ3) is 1.90. The molecule has 0 aliphatic carbocycles. The summed E-state index contributed by atoms with van der Waals surface area (Å²) in [5.41, 5.74) is 7.11. The summed E-state index contributed by atoms with van der Waals surface area (Å²) in [6.07, 6.45) is 2.33. The molecular formula is C13H14FN5. The van der Waals surface area contributed by atoms with Crippen LogP contribution in [-0.2, 0) is 13.5 Å². The van der Waals surface area contributed by atoms with Crippen LogP contribution in [0.1, 0.15) is 5.82 Å². The minimum Gasteiger partial charge on any atom is -0.330 e. The van der Waals surface area contributed by atoms with E-state index in [1.165, 1.54) is 12.1 Å². The van der Waals surface area contributed by atoms with Gasteiger partial charge in [-0.1, -0.05) is 0 Å². The lowest BCUT2D eigenvalue weighted by atomic mass is 10.3. The molecule has 3 aromatic rings. The average Bonchev–Trinajstić information content (AvgIpc) is 2.93. The molecule has 3 rings (SSSR count).